The average Bonchev–Trinajstić information content (AvgIpc) is 3.02. The van der Waals surface area contributed by atoms with E-state index < -0.39 is 0 Å². The average molecular weight is 543 g/mol. The maximum absolute atomic E-state index is 5.81. The van der Waals surface area contributed by atoms with E-state index in [9.17, 15) is 0 Å². The van der Waals surface area contributed by atoms with Gasteiger partial charge in [-0.3, -0.25) is 4.99 Å². The van der Waals surface area contributed by atoms with Gasteiger partial charge in [0.1, 0.15) is 17.2 Å². The van der Waals surface area contributed by atoms with Crippen LogP contribution < -0.4 is 34.3 Å². The number of anilines is 1. The van der Waals surface area contributed by atoms with Crippen molar-refractivity contribution in [3.8, 4) is 28.7 Å². The molecule has 2 N–H and O–H groups in total. The number of nitrogens with one attached hydrogen (secondary N) is 2. The van der Waals surface area contributed by atoms with Gasteiger partial charge in [-0.2, -0.15) is 0 Å². The highest BCUT2D eigenvalue weighted by atomic mass is 127. The smallest absolute Gasteiger partial charge is 0.195 e. The lowest BCUT2D eigenvalue weighted by Gasteiger charge is -2.14. The molecular weight excluding hydrogens is 513 g/mol. The van der Waals surface area contributed by atoms with E-state index in [1.165, 1.54) is 0 Å². The summed E-state index contributed by atoms with van der Waals surface area (Å²) in [6.45, 7) is 2.58. The number of benzene rings is 2. The molecule has 0 amide bonds. The third-order valence-corrected chi connectivity index (χ3v) is 4.44. The van der Waals surface area contributed by atoms with Crippen LogP contribution in [0, 0.1) is 0 Å². The summed E-state index contributed by atoms with van der Waals surface area (Å²) in [5, 5.41) is 6.55. The topological polar surface area (TPSA) is 82.6 Å². The van der Waals surface area contributed by atoms with Crippen LogP contribution in [0.25, 0.3) is 0 Å². The molecule has 0 saturated heterocycles. The van der Waals surface area contributed by atoms with E-state index in [-0.39, 0.29) is 24.0 Å². The third kappa shape index (κ3) is 7.57. The summed E-state index contributed by atoms with van der Waals surface area (Å²) in [4.78, 5) is 4.26. The molecule has 0 radical (unpaired) electrons. The Morgan fingerprint density at radius 3 is 2.32 bits per heavy atom. The molecule has 0 fully saturated rings. The first kappa shape index (κ1) is 24.7. The van der Waals surface area contributed by atoms with Crippen LogP contribution in [0.3, 0.4) is 0 Å². The lowest BCUT2D eigenvalue weighted by molar-refractivity contribution is 0.297. The van der Waals surface area contributed by atoms with Crippen LogP contribution in [-0.4, -0.2) is 53.6 Å². The Labute approximate surface area is 200 Å². The molecule has 170 valence electrons. The number of rotatable bonds is 8. The van der Waals surface area contributed by atoms with E-state index in [4.69, 9.17) is 23.7 Å². The summed E-state index contributed by atoms with van der Waals surface area (Å²) in [7, 11) is 4.96. The van der Waals surface area contributed by atoms with Gasteiger partial charge in [0.15, 0.2) is 17.5 Å². The largest absolute Gasteiger partial charge is 0.496 e. The molecule has 31 heavy (non-hydrogen) atoms. The molecule has 9 heteroatoms. The fraction of sp³-hybridized carbons (Fsp3) is 0.409. The minimum atomic E-state index is 0. The highest BCUT2D eigenvalue weighted by molar-refractivity contribution is 14.0. The number of methoxy groups -OCH3 is 2. The zero-order valence-corrected chi connectivity index (χ0v) is 20.4. The summed E-state index contributed by atoms with van der Waals surface area (Å²) < 4.78 is 27.7. The van der Waals surface area contributed by atoms with Gasteiger partial charge in [0.25, 0.3) is 0 Å². The second kappa shape index (κ2) is 13.0. The maximum atomic E-state index is 5.81. The van der Waals surface area contributed by atoms with Crippen molar-refractivity contribution in [3.63, 3.8) is 0 Å². The SMILES string of the molecule is CN=C(NCCCOc1cc(OC)cc(OC)c1)Nc1ccc2c(c1)OCCCO2.I. The van der Waals surface area contributed by atoms with Crippen LogP contribution >= 0.6 is 24.0 Å². The lowest BCUT2D eigenvalue weighted by Crippen LogP contribution is -2.32. The predicted molar refractivity (Wildman–Crippen MR) is 132 cm³/mol. The Kier molecular flexibility index (Phi) is 10.3. The normalized spacial score (nSPS) is 12.8. The summed E-state index contributed by atoms with van der Waals surface area (Å²) in [5.74, 6) is 4.29. The fourth-order valence-electron chi connectivity index (χ4n) is 2.89. The molecule has 2 aromatic rings. The van der Waals surface area contributed by atoms with Crippen LogP contribution in [0.5, 0.6) is 28.7 Å². The zero-order valence-electron chi connectivity index (χ0n) is 18.1. The second-order valence-electron chi connectivity index (χ2n) is 6.59. The van der Waals surface area contributed by atoms with Crippen molar-refractivity contribution in [2.75, 3.05) is 52.9 Å². The Morgan fingerprint density at radius 1 is 0.968 bits per heavy atom. The van der Waals surface area contributed by atoms with Gasteiger partial charge in [0.2, 0.25) is 0 Å². The highest BCUT2D eigenvalue weighted by Gasteiger charge is 2.11. The van der Waals surface area contributed by atoms with Crippen molar-refractivity contribution in [3.05, 3.63) is 36.4 Å². The van der Waals surface area contributed by atoms with Crippen LogP contribution in [0.4, 0.5) is 5.69 Å². The fourth-order valence-corrected chi connectivity index (χ4v) is 2.89. The number of nitrogens with zero attached hydrogens (tertiary/aromatic N) is 1. The molecular formula is C22H30IN3O5. The highest BCUT2D eigenvalue weighted by Crippen LogP contribution is 2.32. The quantitative estimate of drug-likeness (QED) is 0.226. The maximum Gasteiger partial charge on any atom is 0.195 e. The third-order valence-electron chi connectivity index (χ3n) is 4.44. The molecule has 0 bridgehead atoms. The van der Waals surface area contributed by atoms with Gasteiger partial charge >= 0.3 is 0 Å². The number of hydrogen-bond acceptors (Lipinski definition) is 6. The molecule has 8 nitrogen and oxygen atoms in total. The number of guanidine groups is 1. The van der Waals surface area contributed by atoms with E-state index in [1.807, 2.05) is 36.4 Å². The van der Waals surface area contributed by atoms with Gasteiger partial charge in [-0.25, -0.2) is 0 Å². The van der Waals surface area contributed by atoms with Gasteiger partial charge < -0.3 is 34.3 Å². The molecule has 0 atom stereocenters. The Balaban J connectivity index is 0.00000341. The van der Waals surface area contributed by atoms with Gasteiger partial charge in [-0.15, -0.1) is 24.0 Å². The van der Waals surface area contributed by atoms with Gasteiger partial charge in [0.05, 0.1) is 34.0 Å². The molecule has 0 aliphatic carbocycles. The molecule has 0 unspecified atom stereocenters. The Morgan fingerprint density at radius 2 is 1.65 bits per heavy atom. The van der Waals surface area contributed by atoms with Crippen LogP contribution in [0.2, 0.25) is 0 Å². The lowest BCUT2D eigenvalue weighted by atomic mass is 10.2. The number of aliphatic imine (C=N–C) groups is 1. The monoisotopic (exact) mass is 543 g/mol. The zero-order chi connectivity index (χ0) is 21.2. The van der Waals surface area contributed by atoms with Gasteiger partial charge in [-0.1, -0.05) is 0 Å². The van der Waals surface area contributed by atoms with E-state index >= 15 is 0 Å². The van der Waals surface area contributed by atoms with E-state index in [0.717, 1.165) is 30.0 Å². The summed E-state index contributed by atoms with van der Waals surface area (Å²) >= 11 is 0. The molecule has 1 aliphatic rings. The molecule has 2 aromatic carbocycles. The minimum absolute atomic E-state index is 0. The van der Waals surface area contributed by atoms with Crippen molar-refractivity contribution in [2.45, 2.75) is 12.8 Å². The van der Waals surface area contributed by atoms with Crippen molar-refractivity contribution in [1.82, 2.24) is 5.32 Å². The van der Waals surface area contributed by atoms with E-state index in [1.54, 1.807) is 21.3 Å². The Hall–Kier alpha value is -2.56. The van der Waals surface area contributed by atoms with Gasteiger partial charge in [-0.05, 0) is 18.6 Å². The van der Waals surface area contributed by atoms with Crippen LogP contribution in [0.1, 0.15) is 12.8 Å². The van der Waals surface area contributed by atoms with Crippen LogP contribution in [-0.2, 0) is 0 Å². The van der Waals surface area contributed by atoms with Crippen molar-refractivity contribution in [1.29, 1.82) is 0 Å². The number of fused-ring (bicyclic) bond motifs is 1. The summed E-state index contributed by atoms with van der Waals surface area (Å²) in [6, 6.07) is 11.3. The summed E-state index contributed by atoms with van der Waals surface area (Å²) in [5.41, 5.74) is 0.882. The van der Waals surface area contributed by atoms with E-state index in [0.29, 0.717) is 49.6 Å². The molecule has 0 saturated carbocycles. The Bertz CT molecular complexity index is 841. The standard InChI is InChI=1S/C22H29N3O5.HI/c1-23-22(25-16-6-7-20-21(12-16)30-11-5-10-29-20)24-8-4-9-28-19-14-17(26-2)13-18(15-19)27-3;/h6-7,12-15H,4-5,8-11H2,1-3H3,(H2,23,24,25);1H. The van der Waals surface area contributed by atoms with Gasteiger partial charge in [0, 0.05) is 50.0 Å². The molecule has 3 rings (SSSR count). The van der Waals surface area contributed by atoms with Crippen molar-refractivity contribution < 1.29 is 23.7 Å². The first-order chi connectivity index (χ1) is 14.7. The van der Waals surface area contributed by atoms with Crippen molar-refractivity contribution in [2.24, 2.45) is 4.99 Å². The first-order valence-corrected chi connectivity index (χ1v) is 9.95. The number of halogens is 1. The van der Waals surface area contributed by atoms with Crippen LogP contribution in [0.15, 0.2) is 41.4 Å². The molecule has 0 spiro atoms. The molecule has 1 aliphatic heterocycles. The van der Waals surface area contributed by atoms with E-state index in [2.05, 4.69) is 15.6 Å². The second-order valence-corrected chi connectivity index (χ2v) is 6.59. The summed E-state index contributed by atoms with van der Waals surface area (Å²) in [6.07, 6.45) is 1.67. The molecule has 0 aromatic heterocycles. The predicted octanol–water partition coefficient (Wildman–Crippen LogP) is 3.94. The molecule has 1 heterocycles. The minimum Gasteiger partial charge on any atom is -0.496 e. The van der Waals surface area contributed by atoms with Crippen molar-refractivity contribution >= 4 is 35.6 Å². The number of hydrogen-bond donors (Lipinski definition) is 2. The first-order valence-electron chi connectivity index (χ1n) is 9.95. The number of ether oxygens (including phenoxy) is 5.